The summed E-state index contributed by atoms with van der Waals surface area (Å²) in [5, 5.41) is 16.3. The predicted molar refractivity (Wildman–Crippen MR) is 70.5 cm³/mol. The Morgan fingerprint density at radius 2 is 2.11 bits per heavy atom. The predicted octanol–water partition coefficient (Wildman–Crippen LogP) is 0.446. The maximum absolute atomic E-state index is 12.3. The van der Waals surface area contributed by atoms with Crippen LogP contribution in [0.5, 0.6) is 0 Å². The van der Waals surface area contributed by atoms with E-state index in [2.05, 4.69) is 21.4 Å². The fourth-order valence-corrected chi connectivity index (χ4v) is 2.27. The van der Waals surface area contributed by atoms with Gasteiger partial charge in [-0.15, -0.1) is 0 Å². The van der Waals surface area contributed by atoms with Crippen molar-refractivity contribution >= 4 is 5.91 Å². The van der Waals surface area contributed by atoms with Gasteiger partial charge in [0.25, 0.3) is 5.91 Å². The van der Waals surface area contributed by atoms with Gasteiger partial charge in [0.15, 0.2) is 0 Å². The van der Waals surface area contributed by atoms with Gasteiger partial charge in [0.2, 0.25) is 0 Å². The van der Waals surface area contributed by atoms with E-state index >= 15 is 0 Å². The zero-order valence-corrected chi connectivity index (χ0v) is 11.6. The Labute approximate surface area is 113 Å². The van der Waals surface area contributed by atoms with Gasteiger partial charge in [-0.1, -0.05) is 0 Å². The maximum atomic E-state index is 12.3. The summed E-state index contributed by atoms with van der Waals surface area (Å²) in [5.74, 6) is -0.211. The van der Waals surface area contributed by atoms with Crippen LogP contribution in [-0.4, -0.2) is 46.3 Å². The van der Waals surface area contributed by atoms with Crippen LogP contribution >= 0.6 is 0 Å². The van der Waals surface area contributed by atoms with E-state index in [1.165, 1.54) is 0 Å². The Bertz CT molecular complexity index is 520. The van der Waals surface area contributed by atoms with Crippen LogP contribution in [0.1, 0.15) is 28.9 Å². The summed E-state index contributed by atoms with van der Waals surface area (Å²) in [6.45, 7) is 3.48. The molecule has 0 saturated carbocycles. The monoisotopic (exact) mass is 261 g/mol. The van der Waals surface area contributed by atoms with E-state index in [0.29, 0.717) is 18.4 Å². The lowest BCUT2D eigenvalue weighted by molar-refractivity contribution is 0.0881. The number of piperidine rings is 1. The first-order valence-electron chi connectivity index (χ1n) is 6.38. The van der Waals surface area contributed by atoms with Crippen LogP contribution in [0, 0.1) is 18.3 Å². The van der Waals surface area contributed by atoms with Gasteiger partial charge in [0, 0.05) is 25.8 Å². The molecule has 1 aliphatic rings. The third-order valence-corrected chi connectivity index (χ3v) is 3.89. The highest BCUT2D eigenvalue weighted by molar-refractivity contribution is 5.95. The highest BCUT2D eigenvalue weighted by Gasteiger charge is 2.36. The number of rotatable bonds is 2. The Hall–Kier alpha value is -1.87. The van der Waals surface area contributed by atoms with Crippen LogP contribution in [0.25, 0.3) is 0 Å². The molecular formula is C13H19N5O. The summed E-state index contributed by atoms with van der Waals surface area (Å²) in [6, 6.07) is 2.28. The molecule has 0 bridgehead atoms. The normalized spacial score (nSPS) is 18.8. The Morgan fingerprint density at radius 3 is 2.58 bits per heavy atom. The highest BCUT2D eigenvalue weighted by Crippen LogP contribution is 2.21. The largest absolute Gasteiger partial charge is 0.334 e. The Morgan fingerprint density at radius 1 is 1.47 bits per heavy atom. The topological polar surface area (TPSA) is 74.0 Å². The molecule has 0 atom stereocenters. The van der Waals surface area contributed by atoms with Gasteiger partial charge in [-0.05, 0) is 26.8 Å². The van der Waals surface area contributed by atoms with Crippen LogP contribution in [-0.2, 0) is 7.05 Å². The van der Waals surface area contributed by atoms with Gasteiger partial charge < -0.3 is 10.2 Å². The van der Waals surface area contributed by atoms with Crippen molar-refractivity contribution in [3.8, 4) is 6.07 Å². The molecule has 2 heterocycles. The van der Waals surface area contributed by atoms with Crippen molar-refractivity contribution in [3.05, 3.63) is 17.5 Å². The first kappa shape index (κ1) is 13.6. The van der Waals surface area contributed by atoms with E-state index < -0.39 is 5.54 Å². The molecule has 1 aromatic heterocycles. The van der Waals surface area contributed by atoms with Gasteiger partial charge >= 0.3 is 0 Å². The molecule has 0 aliphatic carbocycles. The minimum absolute atomic E-state index is 0.211. The summed E-state index contributed by atoms with van der Waals surface area (Å²) in [6.07, 6.45) is 2.86. The second-order valence-electron chi connectivity index (χ2n) is 5.22. The molecule has 19 heavy (non-hydrogen) atoms. The molecule has 1 fully saturated rings. The summed E-state index contributed by atoms with van der Waals surface area (Å²) < 4.78 is 1.66. The molecule has 102 valence electrons. The Balaban J connectivity index is 2.13. The van der Waals surface area contributed by atoms with Gasteiger partial charge in [-0.25, -0.2) is 0 Å². The van der Waals surface area contributed by atoms with Gasteiger partial charge in [-0.3, -0.25) is 9.48 Å². The van der Waals surface area contributed by atoms with E-state index in [4.69, 9.17) is 0 Å². The van der Waals surface area contributed by atoms with Gasteiger partial charge in [0.1, 0.15) is 5.54 Å². The first-order valence-corrected chi connectivity index (χ1v) is 6.38. The molecule has 0 unspecified atom stereocenters. The molecule has 1 aromatic rings. The average molecular weight is 261 g/mol. The lowest BCUT2D eigenvalue weighted by Gasteiger charge is -2.35. The number of carbonyl (C=O) groups is 1. The molecule has 0 radical (unpaired) electrons. The van der Waals surface area contributed by atoms with Crippen LogP contribution in [0.2, 0.25) is 0 Å². The van der Waals surface area contributed by atoms with Crippen LogP contribution in [0.15, 0.2) is 6.20 Å². The van der Waals surface area contributed by atoms with E-state index in [1.54, 1.807) is 17.9 Å². The van der Waals surface area contributed by atoms with Gasteiger partial charge in [0.05, 0.1) is 17.8 Å². The van der Waals surface area contributed by atoms with E-state index in [1.807, 2.05) is 14.0 Å². The van der Waals surface area contributed by atoms with Crippen LogP contribution < -0.4 is 5.32 Å². The van der Waals surface area contributed by atoms with Crippen molar-refractivity contribution in [1.82, 2.24) is 20.0 Å². The average Bonchev–Trinajstić information content (AvgIpc) is 2.73. The number of amides is 1. The molecule has 2 rings (SSSR count). The summed E-state index contributed by atoms with van der Waals surface area (Å²) in [7, 11) is 3.82. The number of nitrogens with one attached hydrogen (secondary N) is 1. The van der Waals surface area contributed by atoms with E-state index in [-0.39, 0.29) is 5.91 Å². The summed E-state index contributed by atoms with van der Waals surface area (Å²) in [4.78, 5) is 14.4. The second kappa shape index (κ2) is 5.02. The number of nitrogens with zero attached hydrogens (tertiary/aromatic N) is 4. The third-order valence-electron chi connectivity index (χ3n) is 3.89. The number of hydrogen-bond acceptors (Lipinski definition) is 4. The van der Waals surface area contributed by atoms with Gasteiger partial charge in [-0.2, -0.15) is 10.4 Å². The number of aryl methyl sites for hydroxylation is 1. The molecule has 1 aliphatic heterocycles. The van der Waals surface area contributed by atoms with Crippen molar-refractivity contribution in [3.63, 3.8) is 0 Å². The van der Waals surface area contributed by atoms with E-state index in [9.17, 15) is 10.1 Å². The van der Waals surface area contributed by atoms with Crippen molar-refractivity contribution < 1.29 is 4.79 Å². The van der Waals surface area contributed by atoms with Crippen LogP contribution in [0.3, 0.4) is 0 Å². The minimum Gasteiger partial charge on any atom is -0.334 e. The first-order chi connectivity index (χ1) is 8.97. The zero-order chi connectivity index (χ0) is 14.0. The lowest BCUT2D eigenvalue weighted by atomic mass is 9.89. The molecule has 1 saturated heterocycles. The fraction of sp³-hybridized carbons (Fsp3) is 0.615. The number of carbonyl (C=O) groups excluding carboxylic acids is 1. The smallest absolute Gasteiger partial charge is 0.255 e. The SMILES string of the molecule is Cc1c(C(=O)NC2(C#N)CCN(C)CC2)cnn1C. The number of nitriles is 1. The fourth-order valence-electron chi connectivity index (χ4n) is 2.27. The summed E-state index contributed by atoms with van der Waals surface area (Å²) in [5.41, 5.74) is 0.598. The third kappa shape index (κ3) is 2.61. The van der Waals surface area contributed by atoms with E-state index in [0.717, 1.165) is 18.8 Å². The number of aromatic nitrogens is 2. The number of likely N-dealkylation sites (tertiary alicyclic amines) is 1. The maximum Gasteiger partial charge on any atom is 0.255 e. The van der Waals surface area contributed by atoms with Crippen molar-refractivity contribution in [2.45, 2.75) is 25.3 Å². The molecule has 0 spiro atoms. The minimum atomic E-state index is -0.744. The van der Waals surface area contributed by atoms with Crippen molar-refractivity contribution in [2.24, 2.45) is 7.05 Å². The zero-order valence-electron chi connectivity index (χ0n) is 11.6. The lowest BCUT2D eigenvalue weighted by Crippen LogP contribution is -2.53. The molecular weight excluding hydrogens is 242 g/mol. The molecule has 6 nitrogen and oxygen atoms in total. The molecule has 1 amide bonds. The standard InChI is InChI=1S/C13H19N5O/c1-10-11(8-15-18(10)3)12(19)16-13(9-14)4-6-17(2)7-5-13/h8H,4-7H2,1-3H3,(H,16,19). The molecule has 1 N–H and O–H groups in total. The molecule has 0 aromatic carbocycles. The van der Waals surface area contributed by atoms with Crippen molar-refractivity contribution in [2.75, 3.05) is 20.1 Å². The summed E-state index contributed by atoms with van der Waals surface area (Å²) >= 11 is 0. The van der Waals surface area contributed by atoms with Crippen molar-refractivity contribution in [1.29, 1.82) is 5.26 Å². The quantitative estimate of drug-likeness (QED) is 0.838. The number of hydrogen-bond donors (Lipinski definition) is 1. The Kier molecular flexibility index (Phi) is 3.58. The highest BCUT2D eigenvalue weighted by atomic mass is 16.1. The van der Waals surface area contributed by atoms with Crippen LogP contribution in [0.4, 0.5) is 0 Å². The second-order valence-corrected chi connectivity index (χ2v) is 5.22. The molecule has 6 heteroatoms.